The summed E-state index contributed by atoms with van der Waals surface area (Å²) < 4.78 is 1.32. The van der Waals surface area contributed by atoms with Crippen LogP contribution in [0.1, 0.15) is 17.0 Å². The summed E-state index contributed by atoms with van der Waals surface area (Å²) in [6.45, 7) is 1.85. The van der Waals surface area contributed by atoms with Crippen LogP contribution in [0.25, 0.3) is 0 Å². The Balaban J connectivity index is 2.05. The molecule has 0 aliphatic rings. The summed E-state index contributed by atoms with van der Waals surface area (Å²) >= 11 is 0. The second-order valence-corrected chi connectivity index (χ2v) is 4.07. The molecular formula is C12H14N4O2. The number of carbonyl (C=O) groups is 1. The van der Waals surface area contributed by atoms with Gasteiger partial charge in [0.05, 0.1) is 0 Å². The smallest absolute Gasteiger partial charge is 0.325 e. The SMILES string of the molecule is Cc1ccccc1CCc1nnnn1CC(=O)O. The molecule has 0 unspecified atom stereocenters. The third-order valence-electron chi connectivity index (χ3n) is 2.77. The fourth-order valence-corrected chi connectivity index (χ4v) is 1.79. The summed E-state index contributed by atoms with van der Waals surface area (Å²) in [6, 6.07) is 8.09. The van der Waals surface area contributed by atoms with Crippen LogP contribution in [0.5, 0.6) is 0 Å². The number of hydrogen-bond donors (Lipinski definition) is 1. The highest BCUT2D eigenvalue weighted by molar-refractivity contribution is 5.66. The van der Waals surface area contributed by atoms with Crippen molar-refractivity contribution in [2.45, 2.75) is 26.3 Å². The van der Waals surface area contributed by atoms with Crippen molar-refractivity contribution in [2.75, 3.05) is 0 Å². The topological polar surface area (TPSA) is 80.9 Å². The van der Waals surface area contributed by atoms with Crippen LogP contribution in [0.15, 0.2) is 24.3 Å². The average Bonchev–Trinajstić information content (AvgIpc) is 2.75. The first-order chi connectivity index (χ1) is 8.66. The van der Waals surface area contributed by atoms with Gasteiger partial charge in [-0.2, -0.15) is 0 Å². The average molecular weight is 246 g/mol. The first-order valence-corrected chi connectivity index (χ1v) is 5.68. The highest BCUT2D eigenvalue weighted by atomic mass is 16.4. The van der Waals surface area contributed by atoms with E-state index in [1.54, 1.807) is 0 Å². The quantitative estimate of drug-likeness (QED) is 0.845. The van der Waals surface area contributed by atoms with E-state index in [0.717, 1.165) is 6.42 Å². The summed E-state index contributed by atoms with van der Waals surface area (Å²) in [5.41, 5.74) is 2.44. The molecule has 0 radical (unpaired) electrons. The highest BCUT2D eigenvalue weighted by Gasteiger charge is 2.09. The van der Waals surface area contributed by atoms with Gasteiger partial charge in [-0.05, 0) is 34.9 Å². The van der Waals surface area contributed by atoms with E-state index in [-0.39, 0.29) is 6.54 Å². The van der Waals surface area contributed by atoms with Gasteiger partial charge in [0.25, 0.3) is 0 Å². The van der Waals surface area contributed by atoms with Gasteiger partial charge in [0.15, 0.2) is 5.82 Å². The largest absolute Gasteiger partial charge is 0.480 e. The Bertz CT molecular complexity index is 551. The molecule has 1 aromatic heterocycles. The fraction of sp³-hybridized carbons (Fsp3) is 0.333. The third-order valence-corrected chi connectivity index (χ3v) is 2.77. The lowest BCUT2D eigenvalue weighted by atomic mass is 10.0. The molecule has 1 N–H and O–H groups in total. The molecule has 6 nitrogen and oxygen atoms in total. The van der Waals surface area contributed by atoms with Crippen LogP contribution in [-0.4, -0.2) is 31.3 Å². The molecule has 94 valence electrons. The number of aromatic nitrogens is 4. The summed E-state index contributed by atoms with van der Waals surface area (Å²) in [6.07, 6.45) is 1.43. The maximum Gasteiger partial charge on any atom is 0.325 e. The molecule has 0 atom stereocenters. The number of hydrogen-bond acceptors (Lipinski definition) is 4. The molecule has 0 aliphatic carbocycles. The van der Waals surface area contributed by atoms with Gasteiger partial charge in [0, 0.05) is 6.42 Å². The second-order valence-electron chi connectivity index (χ2n) is 4.07. The van der Waals surface area contributed by atoms with Gasteiger partial charge in [-0.1, -0.05) is 24.3 Å². The highest BCUT2D eigenvalue weighted by Crippen LogP contribution is 2.10. The zero-order chi connectivity index (χ0) is 13.0. The summed E-state index contributed by atoms with van der Waals surface area (Å²) in [5, 5.41) is 19.8. The second kappa shape index (κ2) is 5.39. The number of aryl methyl sites for hydroxylation is 3. The minimum Gasteiger partial charge on any atom is -0.480 e. The monoisotopic (exact) mass is 246 g/mol. The van der Waals surface area contributed by atoms with Crippen molar-refractivity contribution in [3.8, 4) is 0 Å². The van der Waals surface area contributed by atoms with Gasteiger partial charge < -0.3 is 5.11 Å². The van der Waals surface area contributed by atoms with Crippen molar-refractivity contribution in [1.29, 1.82) is 0 Å². The lowest BCUT2D eigenvalue weighted by molar-refractivity contribution is -0.138. The standard InChI is InChI=1S/C12H14N4O2/c1-9-4-2-3-5-10(9)6-7-11-13-14-15-16(11)8-12(17)18/h2-5H,6-8H2,1H3,(H,17,18). The normalized spacial score (nSPS) is 10.5. The van der Waals surface area contributed by atoms with Crippen LogP contribution in [0.2, 0.25) is 0 Å². The molecule has 0 amide bonds. The Morgan fingerprint density at radius 3 is 2.83 bits per heavy atom. The van der Waals surface area contributed by atoms with Gasteiger partial charge in [-0.25, -0.2) is 4.68 Å². The Labute approximate surface area is 104 Å². The number of rotatable bonds is 5. The van der Waals surface area contributed by atoms with Gasteiger partial charge in [-0.15, -0.1) is 5.10 Å². The van der Waals surface area contributed by atoms with Gasteiger partial charge in [0.1, 0.15) is 6.54 Å². The van der Waals surface area contributed by atoms with E-state index in [9.17, 15) is 4.79 Å². The number of carboxylic acid groups (broad SMARTS) is 1. The van der Waals surface area contributed by atoms with Crippen LogP contribution < -0.4 is 0 Å². The lowest BCUT2D eigenvalue weighted by Crippen LogP contribution is -2.14. The van der Waals surface area contributed by atoms with E-state index in [4.69, 9.17) is 5.11 Å². The number of aliphatic carboxylic acids is 1. The Kier molecular flexibility index (Phi) is 3.66. The predicted octanol–water partition coefficient (Wildman–Crippen LogP) is 0.851. The minimum atomic E-state index is -0.945. The van der Waals surface area contributed by atoms with E-state index in [1.165, 1.54) is 15.8 Å². The fourth-order valence-electron chi connectivity index (χ4n) is 1.79. The van der Waals surface area contributed by atoms with Crippen molar-refractivity contribution < 1.29 is 9.90 Å². The Morgan fingerprint density at radius 2 is 2.11 bits per heavy atom. The van der Waals surface area contributed by atoms with Gasteiger partial charge >= 0.3 is 5.97 Å². The van der Waals surface area contributed by atoms with Crippen LogP contribution >= 0.6 is 0 Å². The van der Waals surface area contributed by atoms with Gasteiger partial charge in [-0.3, -0.25) is 4.79 Å². The predicted molar refractivity (Wildman–Crippen MR) is 64.0 cm³/mol. The van der Waals surface area contributed by atoms with E-state index in [1.807, 2.05) is 12.1 Å². The Hall–Kier alpha value is -2.24. The van der Waals surface area contributed by atoms with Crippen LogP contribution in [0.4, 0.5) is 0 Å². The lowest BCUT2D eigenvalue weighted by Gasteiger charge is -2.05. The third kappa shape index (κ3) is 2.91. The number of nitrogens with zero attached hydrogens (tertiary/aromatic N) is 4. The molecule has 0 bridgehead atoms. The first-order valence-electron chi connectivity index (χ1n) is 5.68. The summed E-state index contributed by atoms with van der Waals surface area (Å²) in [7, 11) is 0. The zero-order valence-electron chi connectivity index (χ0n) is 10.1. The molecule has 0 saturated heterocycles. The van der Waals surface area contributed by atoms with Crippen LogP contribution in [0.3, 0.4) is 0 Å². The van der Waals surface area contributed by atoms with E-state index in [0.29, 0.717) is 12.2 Å². The summed E-state index contributed by atoms with van der Waals surface area (Å²) in [5.74, 6) is -0.347. The molecule has 6 heteroatoms. The molecule has 0 saturated carbocycles. The maximum absolute atomic E-state index is 10.6. The molecule has 2 rings (SSSR count). The van der Waals surface area contributed by atoms with Crippen molar-refractivity contribution in [1.82, 2.24) is 20.2 Å². The molecule has 1 aromatic carbocycles. The van der Waals surface area contributed by atoms with Gasteiger partial charge in [0.2, 0.25) is 0 Å². The van der Waals surface area contributed by atoms with Crippen LogP contribution in [0, 0.1) is 6.92 Å². The maximum atomic E-state index is 10.6. The van der Waals surface area contributed by atoms with E-state index < -0.39 is 5.97 Å². The molecular weight excluding hydrogens is 232 g/mol. The number of benzene rings is 1. The van der Waals surface area contributed by atoms with Crippen molar-refractivity contribution in [3.05, 3.63) is 41.2 Å². The van der Waals surface area contributed by atoms with Crippen molar-refractivity contribution in [2.24, 2.45) is 0 Å². The molecule has 0 aliphatic heterocycles. The molecule has 18 heavy (non-hydrogen) atoms. The number of carboxylic acids is 1. The molecule has 2 aromatic rings. The van der Waals surface area contributed by atoms with E-state index in [2.05, 4.69) is 34.6 Å². The summed E-state index contributed by atoms with van der Waals surface area (Å²) in [4.78, 5) is 10.6. The molecule has 0 fully saturated rings. The molecule has 1 heterocycles. The van der Waals surface area contributed by atoms with Crippen LogP contribution in [-0.2, 0) is 24.2 Å². The minimum absolute atomic E-state index is 0.198. The first kappa shape index (κ1) is 12.2. The van der Waals surface area contributed by atoms with Crippen molar-refractivity contribution >= 4 is 5.97 Å². The van der Waals surface area contributed by atoms with Crippen molar-refractivity contribution in [3.63, 3.8) is 0 Å². The Morgan fingerprint density at radius 1 is 1.33 bits per heavy atom. The number of tetrazole rings is 1. The molecule has 0 spiro atoms. The van der Waals surface area contributed by atoms with E-state index >= 15 is 0 Å². The zero-order valence-corrected chi connectivity index (χ0v) is 10.1.